The van der Waals surface area contributed by atoms with Crippen molar-refractivity contribution < 1.29 is 19.6 Å². The summed E-state index contributed by atoms with van der Waals surface area (Å²) < 4.78 is 4.44. The number of aliphatic hydroxyl groups is 1. The zero-order valence-electron chi connectivity index (χ0n) is 9.12. The average molecular weight is 240 g/mol. The number of nitrogens with zero attached hydrogens (tertiary/aromatic N) is 1. The first kappa shape index (κ1) is 12.9. The SMILES string of the molecule is COC(=O)C(CO)Nc1ccccc1[N+](=O)[O-]. The molecule has 17 heavy (non-hydrogen) atoms. The second-order valence-electron chi connectivity index (χ2n) is 3.18. The third kappa shape index (κ3) is 3.15. The minimum absolute atomic E-state index is 0.155. The van der Waals surface area contributed by atoms with Gasteiger partial charge in [-0.3, -0.25) is 10.1 Å². The Morgan fingerprint density at radius 1 is 1.59 bits per heavy atom. The lowest BCUT2D eigenvalue weighted by atomic mass is 10.2. The number of aliphatic hydroxyl groups excluding tert-OH is 1. The normalized spacial score (nSPS) is 11.6. The Morgan fingerprint density at radius 2 is 2.24 bits per heavy atom. The number of carbonyl (C=O) groups excluding carboxylic acids is 1. The van der Waals surface area contributed by atoms with Crippen LogP contribution in [-0.4, -0.2) is 35.8 Å². The van der Waals surface area contributed by atoms with Crippen LogP contribution >= 0.6 is 0 Å². The zero-order chi connectivity index (χ0) is 12.8. The fourth-order valence-corrected chi connectivity index (χ4v) is 1.26. The second kappa shape index (κ2) is 5.80. The second-order valence-corrected chi connectivity index (χ2v) is 3.18. The number of nitro benzene ring substituents is 1. The fraction of sp³-hybridized carbons (Fsp3) is 0.300. The number of ether oxygens (including phenoxy) is 1. The molecule has 0 aliphatic heterocycles. The highest BCUT2D eigenvalue weighted by molar-refractivity contribution is 5.80. The number of hydrogen-bond donors (Lipinski definition) is 2. The van der Waals surface area contributed by atoms with Crippen LogP contribution in [0.4, 0.5) is 11.4 Å². The van der Waals surface area contributed by atoms with Crippen molar-refractivity contribution >= 4 is 17.3 Å². The number of benzene rings is 1. The van der Waals surface area contributed by atoms with Crippen molar-refractivity contribution in [3.8, 4) is 0 Å². The number of rotatable bonds is 5. The Balaban J connectivity index is 2.93. The summed E-state index contributed by atoms with van der Waals surface area (Å²) in [5.41, 5.74) is -0.0168. The van der Waals surface area contributed by atoms with Gasteiger partial charge < -0.3 is 15.2 Å². The molecule has 1 atom stereocenters. The molecule has 7 heteroatoms. The maximum Gasteiger partial charge on any atom is 0.330 e. The molecular weight excluding hydrogens is 228 g/mol. The standard InChI is InChI=1S/C10H12N2O5/c1-17-10(14)8(6-13)11-7-4-2-3-5-9(7)12(15)16/h2-5,8,11,13H,6H2,1H3. The monoisotopic (exact) mass is 240 g/mol. The summed E-state index contributed by atoms with van der Waals surface area (Å²) in [6, 6.07) is 4.81. The molecule has 1 unspecified atom stereocenters. The number of methoxy groups -OCH3 is 1. The van der Waals surface area contributed by atoms with Gasteiger partial charge in [0.25, 0.3) is 5.69 Å². The van der Waals surface area contributed by atoms with Crippen LogP contribution in [0.3, 0.4) is 0 Å². The molecular formula is C10H12N2O5. The van der Waals surface area contributed by atoms with Gasteiger partial charge in [0, 0.05) is 6.07 Å². The van der Waals surface area contributed by atoms with E-state index in [1.54, 1.807) is 6.07 Å². The minimum Gasteiger partial charge on any atom is -0.467 e. The van der Waals surface area contributed by atoms with Gasteiger partial charge >= 0.3 is 5.97 Å². The molecule has 0 bridgehead atoms. The van der Waals surface area contributed by atoms with E-state index in [-0.39, 0.29) is 11.4 Å². The van der Waals surface area contributed by atoms with Crippen molar-refractivity contribution in [3.63, 3.8) is 0 Å². The largest absolute Gasteiger partial charge is 0.467 e. The third-order valence-electron chi connectivity index (χ3n) is 2.10. The van der Waals surface area contributed by atoms with E-state index in [0.29, 0.717) is 0 Å². The molecule has 0 spiro atoms. The predicted octanol–water partition coefficient (Wildman–Crippen LogP) is 0.541. The van der Waals surface area contributed by atoms with Gasteiger partial charge in [0.1, 0.15) is 11.7 Å². The summed E-state index contributed by atoms with van der Waals surface area (Å²) in [5, 5.41) is 22.3. The van der Waals surface area contributed by atoms with Gasteiger partial charge in [-0.05, 0) is 6.07 Å². The summed E-state index contributed by atoms with van der Waals surface area (Å²) in [7, 11) is 1.17. The Bertz CT molecular complexity index is 421. The van der Waals surface area contributed by atoms with Crippen molar-refractivity contribution in [2.24, 2.45) is 0 Å². The van der Waals surface area contributed by atoms with Crippen molar-refractivity contribution in [1.82, 2.24) is 0 Å². The summed E-state index contributed by atoms with van der Waals surface area (Å²) in [4.78, 5) is 21.4. The van der Waals surface area contributed by atoms with Gasteiger partial charge in [-0.25, -0.2) is 4.79 Å². The molecule has 92 valence electrons. The highest BCUT2D eigenvalue weighted by atomic mass is 16.6. The molecule has 0 saturated carbocycles. The van der Waals surface area contributed by atoms with Gasteiger partial charge in [-0.15, -0.1) is 0 Å². The zero-order valence-corrected chi connectivity index (χ0v) is 9.12. The molecule has 0 aliphatic rings. The number of carbonyl (C=O) groups is 1. The maximum atomic E-state index is 11.2. The number of nitrogens with one attached hydrogen (secondary N) is 1. The van der Waals surface area contributed by atoms with E-state index in [1.807, 2.05) is 0 Å². The molecule has 0 amide bonds. The van der Waals surface area contributed by atoms with Gasteiger partial charge in [0.2, 0.25) is 0 Å². The van der Waals surface area contributed by atoms with Crippen LogP contribution in [-0.2, 0) is 9.53 Å². The Morgan fingerprint density at radius 3 is 2.76 bits per heavy atom. The van der Waals surface area contributed by atoms with E-state index in [9.17, 15) is 14.9 Å². The van der Waals surface area contributed by atoms with Gasteiger partial charge in [0.05, 0.1) is 18.6 Å². The van der Waals surface area contributed by atoms with Crippen molar-refractivity contribution in [3.05, 3.63) is 34.4 Å². The lowest BCUT2D eigenvalue weighted by molar-refractivity contribution is -0.384. The van der Waals surface area contributed by atoms with E-state index >= 15 is 0 Å². The number of hydrogen-bond acceptors (Lipinski definition) is 6. The first-order chi connectivity index (χ1) is 8.10. The first-order valence-electron chi connectivity index (χ1n) is 4.78. The van der Waals surface area contributed by atoms with E-state index in [1.165, 1.54) is 25.3 Å². The van der Waals surface area contributed by atoms with Crippen molar-refractivity contribution in [1.29, 1.82) is 0 Å². The van der Waals surface area contributed by atoms with Crippen molar-refractivity contribution in [2.45, 2.75) is 6.04 Å². The quantitative estimate of drug-likeness (QED) is 0.442. The first-order valence-corrected chi connectivity index (χ1v) is 4.78. The molecule has 0 fully saturated rings. The van der Waals surface area contributed by atoms with Crippen molar-refractivity contribution in [2.75, 3.05) is 19.0 Å². The Kier molecular flexibility index (Phi) is 4.41. The topological polar surface area (TPSA) is 102 Å². The molecule has 1 aromatic rings. The molecule has 7 nitrogen and oxygen atoms in total. The number of nitro groups is 1. The van der Waals surface area contributed by atoms with Crippen LogP contribution in [0.2, 0.25) is 0 Å². The van der Waals surface area contributed by atoms with E-state index < -0.39 is 23.5 Å². The summed E-state index contributed by atoms with van der Waals surface area (Å²) >= 11 is 0. The van der Waals surface area contributed by atoms with E-state index in [4.69, 9.17) is 5.11 Å². The average Bonchev–Trinajstić information content (AvgIpc) is 2.35. The van der Waals surface area contributed by atoms with Crippen LogP contribution in [0.15, 0.2) is 24.3 Å². The fourth-order valence-electron chi connectivity index (χ4n) is 1.26. The molecule has 0 heterocycles. The lowest BCUT2D eigenvalue weighted by Crippen LogP contribution is -2.34. The summed E-state index contributed by atoms with van der Waals surface area (Å²) in [6.07, 6.45) is 0. The van der Waals surface area contributed by atoms with Gasteiger partial charge in [-0.2, -0.15) is 0 Å². The Labute approximate surface area is 97.2 Å². The molecule has 0 aliphatic carbocycles. The van der Waals surface area contributed by atoms with Crippen LogP contribution < -0.4 is 5.32 Å². The van der Waals surface area contributed by atoms with Gasteiger partial charge in [-0.1, -0.05) is 12.1 Å². The Hall–Kier alpha value is -2.15. The van der Waals surface area contributed by atoms with Crippen LogP contribution in [0.25, 0.3) is 0 Å². The van der Waals surface area contributed by atoms with E-state index in [2.05, 4.69) is 10.1 Å². The molecule has 1 rings (SSSR count). The summed E-state index contributed by atoms with van der Waals surface area (Å²) in [6.45, 7) is -0.515. The van der Waals surface area contributed by atoms with Crippen LogP contribution in [0, 0.1) is 10.1 Å². The smallest absolute Gasteiger partial charge is 0.330 e. The lowest BCUT2D eigenvalue weighted by Gasteiger charge is -2.14. The summed E-state index contributed by atoms with van der Waals surface area (Å²) in [5.74, 6) is -0.689. The highest BCUT2D eigenvalue weighted by Gasteiger charge is 2.21. The maximum absolute atomic E-state index is 11.2. The third-order valence-corrected chi connectivity index (χ3v) is 2.10. The van der Waals surface area contributed by atoms with Gasteiger partial charge in [0.15, 0.2) is 0 Å². The molecule has 0 radical (unpaired) electrons. The van der Waals surface area contributed by atoms with Crippen LogP contribution in [0.5, 0.6) is 0 Å². The highest BCUT2D eigenvalue weighted by Crippen LogP contribution is 2.23. The molecule has 0 saturated heterocycles. The molecule has 2 N–H and O–H groups in total. The number of esters is 1. The van der Waals surface area contributed by atoms with Crippen LogP contribution in [0.1, 0.15) is 0 Å². The predicted molar refractivity (Wildman–Crippen MR) is 59.6 cm³/mol. The number of para-hydroxylation sites is 2. The van der Waals surface area contributed by atoms with E-state index in [0.717, 1.165) is 0 Å². The molecule has 1 aromatic carbocycles. The molecule has 0 aromatic heterocycles. The minimum atomic E-state index is -1.03. The number of anilines is 1.